The molecule has 106 valence electrons. The molecule has 0 aliphatic heterocycles. The standard InChI is InChI=1S/C15H15Cl2NO2/c1-19-14-5-3-4-12(16)11(14)9-18-10-6-7-13(17)15(8-10)20-2/h3-8,18H,9H2,1-2H3. The van der Waals surface area contributed by atoms with E-state index in [2.05, 4.69) is 5.32 Å². The van der Waals surface area contributed by atoms with Crippen molar-refractivity contribution in [1.29, 1.82) is 0 Å². The highest BCUT2D eigenvalue weighted by Gasteiger charge is 2.08. The van der Waals surface area contributed by atoms with Crippen LogP contribution in [0.2, 0.25) is 10.0 Å². The second-order valence-corrected chi connectivity index (χ2v) is 4.94. The summed E-state index contributed by atoms with van der Waals surface area (Å²) in [6.45, 7) is 0.549. The maximum atomic E-state index is 6.19. The van der Waals surface area contributed by atoms with Gasteiger partial charge in [-0.05, 0) is 24.3 Å². The number of anilines is 1. The Morgan fingerprint density at radius 3 is 2.40 bits per heavy atom. The van der Waals surface area contributed by atoms with Gasteiger partial charge in [-0.25, -0.2) is 0 Å². The highest BCUT2D eigenvalue weighted by molar-refractivity contribution is 6.32. The average Bonchev–Trinajstić information content (AvgIpc) is 2.47. The second-order valence-electron chi connectivity index (χ2n) is 4.12. The van der Waals surface area contributed by atoms with Crippen LogP contribution >= 0.6 is 23.2 Å². The zero-order valence-corrected chi connectivity index (χ0v) is 12.8. The Kier molecular flexibility index (Phi) is 4.99. The van der Waals surface area contributed by atoms with Gasteiger partial charge in [0.15, 0.2) is 0 Å². The number of halogens is 2. The number of ether oxygens (including phenoxy) is 2. The van der Waals surface area contributed by atoms with Crippen LogP contribution in [0.1, 0.15) is 5.56 Å². The lowest BCUT2D eigenvalue weighted by molar-refractivity contribution is 0.410. The Morgan fingerprint density at radius 2 is 1.70 bits per heavy atom. The van der Waals surface area contributed by atoms with Crippen LogP contribution in [0.5, 0.6) is 11.5 Å². The fraction of sp³-hybridized carbons (Fsp3) is 0.200. The van der Waals surface area contributed by atoms with Crippen molar-refractivity contribution in [3.63, 3.8) is 0 Å². The van der Waals surface area contributed by atoms with Crippen LogP contribution in [-0.4, -0.2) is 14.2 Å². The predicted molar refractivity (Wildman–Crippen MR) is 83.3 cm³/mol. The van der Waals surface area contributed by atoms with E-state index in [1.807, 2.05) is 30.3 Å². The van der Waals surface area contributed by atoms with Crippen LogP contribution in [0.15, 0.2) is 36.4 Å². The Morgan fingerprint density at radius 1 is 0.950 bits per heavy atom. The largest absolute Gasteiger partial charge is 0.496 e. The Labute approximate surface area is 128 Å². The first kappa shape index (κ1) is 14.8. The van der Waals surface area contributed by atoms with Gasteiger partial charge >= 0.3 is 0 Å². The molecule has 0 bridgehead atoms. The molecular formula is C15H15Cl2NO2. The van der Waals surface area contributed by atoms with Gasteiger partial charge in [0.05, 0.1) is 19.2 Å². The Hall–Kier alpha value is -1.58. The summed E-state index contributed by atoms with van der Waals surface area (Å²) in [5, 5.41) is 4.52. The molecule has 0 saturated carbocycles. The first-order chi connectivity index (χ1) is 9.65. The summed E-state index contributed by atoms with van der Waals surface area (Å²) >= 11 is 12.2. The molecule has 1 N–H and O–H groups in total. The summed E-state index contributed by atoms with van der Waals surface area (Å²) < 4.78 is 10.5. The number of methoxy groups -OCH3 is 2. The van der Waals surface area contributed by atoms with Gasteiger partial charge < -0.3 is 14.8 Å². The Bertz CT molecular complexity index is 602. The predicted octanol–water partition coefficient (Wildman–Crippen LogP) is 4.62. The minimum Gasteiger partial charge on any atom is -0.496 e. The number of hydrogen-bond acceptors (Lipinski definition) is 3. The zero-order chi connectivity index (χ0) is 14.5. The molecular weight excluding hydrogens is 297 g/mol. The van der Waals surface area contributed by atoms with E-state index in [0.29, 0.717) is 22.3 Å². The van der Waals surface area contributed by atoms with E-state index in [1.54, 1.807) is 20.3 Å². The lowest BCUT2D eigenvalue weighted by atomic mass is 10.2. The van der Waals surface area contributed by atoms with E-state index in [9.17, 15) is 0 Å². The molecule has 2 aromatic carbocycles. The number of benzene rings is 2. The molecule has 0 radical (unpaired) electrons. The molecule has 3 nitrogen and oxygen atoms in total. The maximum Gasteiger partial charge on any atom is 0.139 e. The third kappa shape index (κ3) is 3.30. The fourth-order valence-electron chi connectivity index (χ4n) is 1.86. The number of nitrogens with one attached hydrogen (secondary N) is 1. The van der Waals surface area contributed by atoms with Gasteiger partial charge in [0, 0.05) is 28.9 Å². The first-order valence-corrected chi connectivity index (χ1v) is 6.80. The third-order valence-electron chi connectivity index (χ3n) is 2.92. The van der Waals surface area contributed by atoms with E-state index >= 15 is 0 Å². The summed E-state index contributed by atoms with van der Waals surface area (Å²) in [6, 6.07) is 11.1. The van der Waals surface area contributed by atoms with E-state index < -0.39 is 0 Å². The van der Waals surface area contributed by atoms with Crippen LogP contribution in [-0.2, 0) is 6.54 Å². The van der Waals surface area contributed by atoms with Gasteiger partial charge in [-0.3, -0.25) is 0 Å². The summed E-state index contributed by atoms with van der Waals surface area (Å²) in [4.78, 5) is 0. The number of rotatable bonds is 5. The Balaban J connectivity index is 2.17. The molecule has 2 aromatic rings. The molecule has 0 fully saturated rings. The van der Waals surface area contributed by atoms with Crippen molar-refractivity contribution in [2.75, 3.05) is 19.5 Å². The van der Waals surface area contributed by atoms with Crippen LogP contribution in [0.4, 0.5) is 5.69 Å². The molecule has 0 amide bonds. The van der Waals surface area contributed by atoms with Crippen molar-refractivity contribution >= 4 is 28.9 Å². The first-order valence-electron chi connectivity index (χ1n) is 6.04. The summed E-state index contributed by atoms with van der Waals surface area (Å²) in [5.41, 5.74) is 1.80. The molecule has 0 aliphatic carbocycles. The van der Waals surface area contributed by atoms with E-state index in [1.165, 1.54) is 0 Å². The van der Waals surface area contributed by atoms with Crippen LogP contribution in [0.25, 0.3) is 0 Å². The number of hydrogen-bond donors (Lipinski definition) is 1. The van der Waals surface area contributed by atoms with E-state index in [-0.39, 0.29) is 0 Å². The van der Waals surface area contributed by atoms with Crippen molar-refractivity contribution < 1.29 is 9.47 Å². The smallest absolute Gasteiger partial charge is 0.139 e. The zero-order valence-electron chi connectivity index (χ0n) is 11.2. The van der Waals surface area contributed by atoms with Gasteiger partial charge in [-0.2, -0.15) is 0 Å². The normalized spacial score (nSPS) is 10.2. The quantitative estimate of drug-likeness (QED) is 0.873. The van der Waals surface area contributed by atoms with E-state index in [0.717, 1.165) is 17.0 Å². The highest BCUT2D eigenvalue weighted by atomic mass is 35.5. The highest BCUT2D eigenvalue weighted by Crippen LogP contribution is 2.30. The molecule has 0 aliphatic rings. The SMILES string of the molecule is COc1cc(NCc2c(Cl)cccc2OC)ccc1Cl. The molecule has 0 unspecified atom stereocenters. The van der Waals surface area contributed by atoms with Crippen LogP contribution < -0.4 is 14.8 Å². The van der Waals surface area contributed by atoms with Crippen molar-refractivity contribution in [3.05, 3.63) is 52.0 Å². The summed E-state index contributed by atoms with van der Waals surface area (Å²) in [6.07, 6.45) is 0. The van der Waals surface area contributed by atoms with Crippen molar-refractivity contribution in [3.8, 4) is 11.5 Å². The summed E-state index contributed by atoms with van der Waals surface area (Å²) in [7, 11) is 3.21. The van der Waals surface area contributed by atoms with Crippen molar-refractivity contribution in [2.45, 2.75) is 6.54 Å². The minimum absolute atomic E-state index is 0.549. The molecule has 0 aromatic heterocycles. The van der Waals surface area contributed by atoms with Crippen LogP contribution in [0, 0.1) is 0 Å². The molecule has 2 rings (SSSR count). The fourth-order valence-corrected chi connectivity index (χ4v) is 2.29. The average molecular weight is 312 g/mol. The molecule has 0 heterocycles. The van der Waals surface area contributed by atoms with Gasteiger partial charge in [0.25, 0.3) is 0 Å². The van der Waals surface area contributed by atoms with Crippen LogP contribution in [0.3, 0.4) is 0 Å². The van der Waals surface area contributed by atoms with Crippen molar-refractivity contribution in [2.24, 2.45) is 0 Å². The topological polar surface area (TPSA) is 30.5 Å². The molecule has 0 saturated heterocycles. The van der Waals surface area contributed by atoms with Gasteiger partial charge in [-0.15, -0.1) is 0 Å². The molecule has 0 atom stereocenters. The second kappa shape index (κ2) is 6.73. The molecule has 0 spiro atoms. The monoisotopic (exact) mass is 311 g/mol. The minimum atomic E-state index is 0.549. The summed E-state index contributed by atoms with van der Waals surface area (Å²) in [5.74, 6) is 1.38. The molecule has 20 heavy (non-hydrogen) atoms. The third-order valence-corrected chi connectivity index (χ3v) is 3.58. The van der Waals surface area contributed by atoms with Gasteiger partial charge in [0.2, 0.25) is 0 Å². The lowest BCUT2D eigenvalue weighted by Gasteiger charge is -2.13. The van der Waals surface area contributed by atoms with Gasteiger partial charge in [-0.1, -0.05) is 29.3 Å². The van der Waals surface area contributed by atoms with Crippen molar-refractivity contribution in [1.82, 2.24) is 0 Å². The maximum absolute atomic E-state index is 6.19. The van der Waals surface area contributed by atoms with E-state index in [4.69, 9.17) is 32.7 Å². The lowest BCUT2D eigenvalue weighted by Crippen LogP contribution is -2.02. The molecule has 5 heteroatoms. The van der Waals surface area contributed by atoms with Gasteiger partial charge in [0.1, 0.15) is 11.5 Å².